The number of anilines is 1. The van der Waals surface area contributed by atoms with Gasteiger partial charge >= 0.3 is 0 Å². The lowest BCUT2D eigenvalue weighted by molar-refractivity contribution is 0.468. The number of fused-ring (bicyclic) bond motifs is 1. The molecule has 0 radical (unpaired) electrons. The van der Waals surface area contributed by atoms with Crippen molar-refractivity contribution in [2.45, 2.75) is 70.3 Å². The molecule has 0 saturated heterocycles. The van der Waals surface area contributed by atoms with Crippen molar-refractivity contribution in [1.29, 1.82) is 0 Å². The Kier molecular flexibility index (Phi) is 5.44. The largest absolute Gasteiger partial charge is 0.368 e. The monoisotopic (exact) mass is 288 g/mol. The van der Waals surface area contributed by atoms with E-state index in [-0.39, 0.29) is 0 Å². The molecule has 0 aromatic carbocycles. The number of hydrogen-bond donors (Lipinski definition) is 2. The molecule has 1 saturated carbocycles. The lowest BCUT2D eigenvalue weighted by Crippen LogP contribution is -2.32. The Balaban J connectivity index is 1.45. The summed E-state index contributed by atoms with van der Waals surface area (Å²) in [6.07, 6.45) is 14.8. The maximum absolute atomic E-state index is 4.44. The molecule has 0 spiro atoms. The van der Waals surface area contributed by atoms with Crippen molar-refractivity contribution in [3.8, 4) is 0 Å². The Labute approximate surface area is 128 Å². The van der Waals surface area contributed by atoms with Crippen molar-refractivity contribution in [1.82, 2.24) is 15.3 Å². The molecule has 0 amide bonds. The fourth-order valence-corrected chi connectivity index (χ4v) is 3.61. The number of nitrogens with one attached hydrogen (secondary N) is 2. The van der Waals surface area contributed by atoms with Crippen molar-refractivity contribution in [2.24, 2.45) is 0 Å². The number of nitrogens with zero attached hydrogens (tertiary/aromatic N) is 2. The minimum absolute atomic E-state index is 0.730. The van der Waals surface area contributed by atoms with Crippen LogP contribution in [0.2, 0.25) is 0 Å². The van der Waals surface area contributed by atoms with Gasteiger partial charge in [0.05, 0.1) is 0 Å². The summed E-state index contributed by atoms with van der Waals surface area (Å²) >= 11 is 0. The molecular weight excluding hydrogens is 260 g/mol. The van der Waals surface area contributed by atoms with Gasteiger partial charge in [-0.15, -0.1) is 0 Å². The molecule has 1 aromatic rings. The maximum atomic E-state index is 4.44. The van der Waals surface area contributed by atoms with Crippen molar-refractivity contribution in [3.63, 3.8) is 0 Å². The summed E-state index contributed by atoms with van der Waals surface area (Å²) in [6, 6.07) is 0.730. The molecule has 3 rings (SSSR count). The van der Waals surface area contributed by atoms with E-state index in [4.69, 9.17) is 0 Å². The van der Waals surface area contributed by atoms with Crippen molar-refractivity contribution in [3.05, 3.63) is 17.6 Å². The van der Waals surface area contributed by atoms with E-state index < -0.39 is 0 Å². The predicted octanol–water partition coefficient (Wildman–Crippen LogP) is 3.08. The molecule has 21 heavy (non-hydrogen) atoms. The maximum Gasteiger partial charge on any atom is 0.132 e. The highest BCUT2D eigenvalue weighted by Gasteiger charge is 2.15. The Morgan fingerprint density at radius 1 is 0.905 bits per heavy atom. The smallest absolute Gasteiger partial charge is 0.132 e. The van der Waals surface area contributed by atoms with Gasteiger partial charge in [-0.1, -0.05) is 25.7 Å². The van der Waals surface area contributed by atoms with Crippen LogP contribution in [0, 0.1) is 0 Å². The normalized spacial score (nSPS) is 19.8. The molecule has 0 bridgehead atoms. The number of hydrogen-bond acceptors (Lipinski definition) is 4. The molecule has 4 nitrogen and oxygen atoms in total. The standard InChI is InChI=1S/C17H28N4/c1-2-4-8-14(7-3-1)18-11-12-19-17-15-9-5-6-10-16(15)20-13-21-17/h13-14,18H,1-12H2,(H,19,20,21). The Bertz CT molecular complexity index is 438. The van der Waals surface area contributed by atoms with Gasteiger partial charge in [0.15, 0.2) is 0 Å². The zero-order valence-corrected chi connectivity index (χ0v) is 13.0. The zero-order valence-electron chi connectivity index (χ0n) is 13.0. The van der Waals surface area contributed by atoms with E-state index in [1.165, 1.54) is 62.6 Å². The predicted molar refractivity (Wildman–Crippen MR) is 86.7 cm³/mol. The summed E-state index contributed by atoms with van der Waals surface area (Å²) < 4.78 is 0. The van der Waals surface area contributed by atoms with E-state index in [0.29, 0.717) is 0 Å². The van der Waals surface area contributed by atoms with Gasteiger partial charge in [0, 0.05) is 30.4 Å². The molecule has 2 aliphatic rings. The second-order valence-electron chi connectivity index (χ2n) is 6.42. The molecule has 1 fully saturated rings. The molecule has 0 aliphatic heterocycles. The highest BCUT2D eigenvalue weighted by atomic mass is 15.0. The third kappa shape index (κ3) is 4.16. The SMILES string of the molecule is c1nc2c(c(NCCNC3CCCCCC3)n1)CCCC2. The van der Waals surface area contributed by atoms with Crippen LogP contribution < -0.4 is 10.6 Å². The number of rotatable bonds is 5. The van der Waals surface area contributed by atoms with E-state index in [1.807, 2.05) is 0 Å². The third-order valence-corrected chi connectivity index (χ3v) is 4.83. The summed E-state index contributed by atoms with van der Waals surface area (Å²) in [6.45, 7) is 1.99. The van der Waals surface area contributed by atoms with Crippen LogP contribution in [-0.2, 0) is 12.8 Å². The van der Waals surface area contributed by atoms with Crippen LogP contribution in [-0.4, -0.2) is 29.1 Å². The van der Waals surface area contributed by atoms with Crippen molar-refractivity contribution >= 4 is 5.82 Å². The minimum atomic E-state index is 0.730. The van der Waals surface area contributed by atoms with Crippen LogP contribution in [0.25, 0.3) is 0 Å². The molecule has 0 atom stereocenters. The summed E-state index contributed by atoms with van der Waals surface area (Å²) in [5.41, 5.74) is 2.62. The number of aryl methyl sites for hydroxylation is 1. The fraction of sp³-hybridized carbons (Fsp3) is 0.765. The summed E-state index contributed by atoms with van der Waals surface area (Å²) in [5.74, 6) is 1.07. The second-order valence-corrected chi connectivity index (χ2v) is 6.42. The van der Waals surface area contributed by atoms with Crippen LogP contribution in [0.3, 0.4) is 0 Å². The van der Waals surface area contributed by atoms with Crippen LogP contribution in [0.15, 0.2) is 6.33 Å². The molecule has 2 aliphatic carbocycles. The van der Waals surface area contributed by atoms with Gasteiger partial charge in [-0.25, -0.2) is 9.97 Å². The van der Waals surface area contributed by atoms with Gasteiger partial charge in [0.1, 0.15) is 12.1 Å². The van der Waals surface area contributed by atoms with Crippen LogP contribution >= 0.6 is 0 Å². The van der Waals surface area contributed by atoms with E-state index in [2.05, 4.69) is 20.6 Å². The Morgan fingerprint density at radius 3 is 2.57 bits per heavy atom. The highest BCUT2D eigenvalue weighted by Crippen LogP contribution is 2.24. The topological polar surface area (TPSA) is 49.8 Å². The molecule has 1 heterocycles. The first kappa shape index (κ1) is 14.8. The Morgan fingerprint density at radius 2 is 1.71 bits per heavy atom. The van der Waals surface area contributed by atoms with Crippen molar-refractivity contribution in [2.75, 3.05) is 18.4 Å². The van der Waals surface area contributed by atoms with E-state index in [9.17, 15) is 0 Å². The quantitative estimate of drug-likeness (QED) is 0.646. The minimum Gasteiger partial charge on any atom is -0.368 e. The van der Waals surface area contributed by atoms with E-state index in [1.54, 1.807) is 6.33 Å². The average Bonchev–Trinajstić information content (AvgIpc) is 2.80. The van der Waals surface area contributed by atoms with E-state index in [0.717, 1.165) is 37.8 Å². The zero-order chi connectivity index (χ0) is 14.3. The van der Waals surface area contributed by atoms with Gasteiger partial charge in [0.25, 0.3) is 0 Å². The molecule has 116 valence electrons. The van der Waals surface area contributed by atoms with Gasteiger partial charge in [-0.05, 0) is 38.5 Å². The summed E-state index contributed by atoms with van der Waals surface area (Å²) in [4.78, 5) is 8.87. The van der Waals surface area contributed by atoms with E-state index >= 15 is 0 Å². The highest BCUT2D eigenvalue weighted by molar-refractivity contribution is 5.46. The van der Waals surface area contributed by atoms with Crippen LogP contribution in [0.1, 0.15) is 62.6 Å². The first-order chi connectivity index (χ1) is 10.4. The van der Waals surface area contributed by atoms with Gasteiger partial charge < -0.3 is 10.6 Å². The Hall–Kier alpha value is -1.16. The average molecular weight is 288 g/mol. The molecule has 2 N–H and O–H groups in total. The fourth-order valence-electron chi connectivity index (χ4n) is 3.61. The first-order valence-electron chi connectivity index (χ1n) is 8.73. The summed E-state index contributed by atoms with van der Waals surface area (Å²) in [7, 11) is 0. The van der Waals surface area contributed by atoms with Crippen LogP contribution in [0.5, 0.6) is 0 Å². The lowest BCUT2D eigenvalue weighted by atomic mass is 9.96. The lowest BCUT2D eigenvalue weighted by Gasteiger charge is -2.19. The van der Waals surface area contributed by atoms with Crippen molar-refractivity contribution < 1.29 is 0 Å². The number of aromatic nitrogens is 2. The molecule has 4 heteroatoms. The molecule has 0 unspecified atom stereocenters. The first-order valence-corrected chi connectivity index (χ1v) is 8.73. The second kappa shape index (κ2) is 7.74. The molecule has 1 aromatic heterocycles. The van der Waals surface area contributed by atoms with Gasteiger partial charge in [0.2, 0.25) is 0 Å². The van der Waals surface area contributed by atoms with Gasteiger partial charge in [-0.3, -0.25) is 0 Å². The van der Waals surface area contributed by atoms with Gasteiger partial charge in [-0.2, -0.15) is 0 Å². The van der Waals surface area contributed by atoms with Crippen LogP contribution in [0.4, 0.5) is 5.82 Å². The summed E-state index contributed by atoms with van der Waals surface area (Å²) in [5, 5.41) is 7.22. The molecular formula is C17H28N4. The third-order valence-electron chi connectivity index (χ3n) is 4.83.